The quantitative estimate of drug-likeness (QED) is 0.491. The fourth-order valence-electron chi connectivity index (χ4n) is 3.55. The minimum atomic E-state index is -0.00497. The molecule has 0 saturated heterocycles. The van der Waals surface area contributed by atoms with Gasteiger partial charge in [0.05, 0.1) is 15.8 Å². The summed E-state index contributed by atoms with van der Waals surface area (Å²) in [4.78, 5) is 25.7. The van der Waals surface area contributed by atoms with Crippen molar-refractivity contribution in [2.75, 3.05) is 32.1 Å². The van der Waals surface area contributed by atoms with Crippen molar-refractivity contribution in [2.24, 2.45) is 0 Å². The van der Waals surface area contributed by atoms with Crippen LogP contribution in [0.3, 0.4) is 0 Å². The van der Waals surface area contributed by atoms with Gasteiger partial charge < -0.3 is 9.88 Å². The van der Waals surface area contributed by atoms with E-state index < -0.39 is 0 Å². The topological polar surface area (TPSA) is 52.2 Å². The average molecular weight is 407 g/mol. The third-order valence-corrected chi connectivity index (χ3v) is 6.40. The van der Waals surface area contributed by atoms with Crippen LogP contribution in [0.2, 0.25) is 0 Å². The van der Waals surface area contributed by atoms with Crippen molar-refractivity contribution in [1.82, 2.24) is 14.9 Å². The summed E-state index contributed by atoms with van der Waals surface area (Å²) in [6.45, 7) is 5.74. The molecule has 6 heteroatoms. The number of anilines is 1. The fourth-order valence-corrected chi connectivity index (χ4v) is 4.60. The normalized spacial score (nSPS) is 11.6. The largest absolute Gasteiger partial charge is 0.360 e. The summed E-state index contributed by atoms with van der Waals surface area (Å²) in [7, 11) is 4.10. The molecule has 150 valence electrons. The van der Waals surface area contributed by atoms with Crippen LogP contribution in [-0.2, 0) is 0 Å². The van der Waals surface area contributed by atoms with E-state index in [4.69, 9.17) is 4.98 Å². The number of fused-ring (bicyclic) bond motifs is 2. The molecule has 5 nitrogen and oxygen atoms in total. The lowest BCUT2D eigenvalue weighted by molar-refractivity contribution is 0.0987. The first-order valence-corrected chi connectivity index (χ1v) is 10.7. The van der Waals surface area contributed by atoms with Crippen molar-refractivity contribution < 1.29 is 4.79 Å². The molecule has 0 saturated carbocycles. The number of carbonyl (C=O) groups excluding carboxylic acids is 1. The second-order valence-corrected chi connectivity index (χ2v) is 8.72. The van der Waals surface area contributed by atoms with Gasteiger partial charge in [0.15, 0.2) is 5.13 Å². The minimum absolute atomic E-state index is 0.00497. The Bertz CT molecular complexity index is 1170. The molecule has 1 N–H and O–H groups in total. The first-order chi connectivity index (χ1) is 14.0. The second kappa shape index (κ2) is 7.97. The number of H-pyrrole nitrogens is 1. The van der Waals surface area contributed by atoms with Gasteiger partial charge in [-0.25, -0.2) is 4.98 Å². The van der Waals surface area contributed by atoms with Gasteiger partial charge in [0, 0.05) is 23.6 Å². The van der Waals surface area contributed by atoms with Crippen molar-refractivity contribution in [3.05, 3.63) is 59.3 Å². The third-order valence-electron chi connectivity index (χ3n) is 5.36. The summed E-state index contributed by atoms with van der Waals surface area (Å²) in [5.41, 5.74) is 5.06. The van der Waals surface area contributed by atoms with Crippen LogP contribution in [0.15, 0.2) is 42.6 Å². The molecular formula is C23H26N4OS. The highest BCUT2D eigenvalue weighted by Crippen LogP contribution is 2.33. The van der Waals surface area contributed by atoms with Gasteiger partial charge in [-0.3, -0.25) is 9.69 Å². The van der Waals surface area contributed by atoms with Crippen LogP contribution in [0, 0.1) is 13.8 Å². The average Bonchev–Trinajstić information content (AvgIpc) is 3.32. The van der Waals surface area contributed by atoms with Gasteiger partial charge in [0.1, 0.15) is 0 Å². The molecule has 1 amide bonds. The molecule has 4 aromatic rings. The van der Waals surface area contributed by atoms with E-state index in [0.29, 0.717) is 12.1 Å². The number of hydrogen-bond donors (Lipinski definition) is 1. The molecule has 2 heterocycles. The molecule has 0 aliphatic rings. The number of nitrogens with zero attached hydrogens (tertiary/aromatic N) is 3. The van der Waals surface area contributed by atoms with E-state index in [9.17, 15) is 4.79 Å². The number of aryl methyl sites for hydroxylation is 2. The monoisotopic (exact) mass is 406 g/mol. The molecule has 0 unspecified atom stereocenters. The highest BCUT2D eigenvalue weighted by Gasteiger charge is 2.24. The number of benzene rings is 2. The van der Waals surface area contributed by atoms with Crippen molar-refractivity contribution >= 4 is 43.5 Å². The van der Waals surface area contributed by atoms with Crippen LogP contribution in [-0.4, -0.2) is 48.0 Å². The van der Waals surface area contributed by atoms with Crippen LogP contribution >= 0.6 is 11.3 Å². The van der Waals surface area contributed by atoms with Crippen molar-refractivity contribution in [3.63, 3.8) is 0 Å². The lowest BCUT2D eigenvalue weighted by Gasteiger charge is -2.20. The van der Waals surface area contributed by atoms with Gasteiger partial charge in [-0.05, 0) is 64.2 Å². The Morgan fingerprint density at radius 3 is 2.69 bits per heavy atom. The van der Waals surface area contributed by atoms with Crippen molar-refractivity contribution in [2.45, 2.75) is 20.3 Å². The number of para-hydroxylation sites is 1. The number of amides is 1. The number of aromatic amines is 1. The second-order valence-electron chi connectivity index (χ2n) is 7.71. The molecule has 0 spiro atoms. The molecule has 2 aromatic heterocycles. The molecule has 0 radical (unpaired) electrons. The Kier molecular flexibility index (Phi) is 5.39. The molecule has 4 rings (SSSR count). The van der Waals surface area contributed by atoms with Crippen LogP contribution < -0.4 is 4.90 Å². The highest BCUT2D eigenvalue weighted by molar-refractivity contribution is 7.22. The van der Waals surface area contributed by atoms with Gasteiger partial charge in [-0.1, -0.05) is 35.6 Å². The van der Waals surface area contributed by atoms with E-state index >= 15 is 0 Å². The Morgan fingerprint density at radius 2 is 1.90 bits per heavy atom. The van der Waals surface area contributed by atoms with Gasteiger partial charge in [0.25, 0.3) is 5.91 Å². The molecule has 0 aliphatic carbocycles. The van der Waals surface area contributed by atoms with Crippen LogP contribution in [0.25, 0.3) is 21.1 Å². The molecular weight excluding hydrogens is 380 g/mol. The Hall–Kier alpha value is -2.70. The third kappa shape index (κ3) is 3.78. The van der Waals surface area contributed by atoms with E-state index in [0.717, 1.165) is 39.2 Å². The van der Waals surface area contributed by atoms with Gasteiger partial charge in [0.2, 0.25) is 0 Å². The smallest absolute Gasteiger partial charge is 0.262 e. The molecule has 0 aliphatic heterocycles. The van der Waals surface area contributed by atoms with Crippen molar-refractivity contribution in [3.8, 4) is 0 Å². The van der Waals surface area contributed by atoms with Crippen LogP contribution in [0.4, 0.5) is 5.13 Å². The molecule has 0 atom stereocenters. The summed E-state index contributed by atoms with van der Waals surface area (Å²) in [5.74, 6) is -0.00497. The number of hydrogen-bond acceptors (Lipinski definition) is 4. The first kappa shape index (κ1) is 19.6. The highest BCUT2D eigenvalue weighted by atomic mass is 32.1. The zero-order valence-corrected chi connectivity index (χ0v) is 18.1. The van der Waals surface area contributed by atoms with E-state index in [1.165, 1.54) is 11.1 Å². The summed E-state index contributed by atoms with van der Waals surface area (Å²) >= 11 is 1.59. The van der Waals surface area contributed by atoms with Gasteiger partial charge >= 0.3 is 0 Å². The first-order valence-electron chi connectivity index (χ1n) is 9.85. The number of thiazole rings is 1. The fraction of sp³-hybridized carbons (Fsp3) is 0.304. The number of nitrogens with one attached hydrogen (secondary N) is 1. The number of carbonyl (C=O) groups is 1. The lowest BCUT2D eigenvalue weighted by atomic mass is 10.1. The van der Waals surface area contributed by atoms with E-state index in [1.807, 2.05) is 35.4 Å². The summed E-state index contributed by atoms with van der Waals surface area (Å²) in [5, 5.41) is 1.71. The van der Waals surface area contributed by atoms with Gasteiger partial charge in [-0.2, -0.15) is 0 Å². The summed E-state index contributed by atoms with van der Waals surface area (Å²) in [6.07, 6.45) is 2.70. The predicted octanol–water partition coefficient (Wildman–Crippen LogP) is 4.99. The van der Waals surface area contributed by atoms with Crippen LogP contribution in [0.1, 0.15) is 27.9 Å². The molecule has 2 aromatic carbocycles. The Morgan fingerprint density at radius 1 is 1.10 bits per heavy atom. The zero-order chi connectivity index (χ0) is 20.5. The van der Waals surface area contributed by atoms with Crippen molar-refractivity contribution in [1.29, 1.82) is 0 Å². The molecule has 0 fully saturated rings. The van der Waals surface area contributed by atoms with Gasteiger partial charge in [-0.15, -0.1) is 0 Å². The van der Waals surface area contributed by atoms with E-state index in [1.54, 1.807) is 11.3 Å². The number of rotatable bonds is 6. The maximum Gasteiger partial charge on any atom is 0.262 e. The van der Waals surface area contributed by atoms with Crippen LogP contribution in [0.5, 0.6) is 0 Å². The zero-order valence-electron chi connectivity index (χ0n) is 17.3. The summed E-state index contributed by atoms with van der Waals surface area (Å²) in [6, 6.07) is 12.1. The maximum atomic E-state index is 13.6. The standard InChI is InChI=1S/C23H26N4OS/c1-15-10-11-20-21(16(15)2)25-23(29-20)27(13-7-12-26(3)4)22(28)18-14-24-19-9-6-5-8-17(18)19/h5-6,8-11,14,24H,7,12-13H2,1-4H3. The Labute approximate surface area is 175 Å². The molecule has 0 bridgehead atoms. The lowest BCUT2D eigenvalue weighted by Crippen LogP contribution is -2.33. The SMILES string of the molecule is Cc1ccc2sc(N(CCCN(C)C)C(=O)c3c[nH]c4ccccc34)nc2c1C. The molecule has 29 heavy (non-hydrogen) atoms. The Balaban J connectivity index is 1.75. The predicted molar refractivity (Wildman–Crippen MR) is 122 cm³/mol. The minimum Gasteiger partial charge on any atom is -0.360 e. The number of aromatic nitrogens is 2. The van der Waals surface area contributed by atoms with E-state index in [2.05, 4.69) is 50.0 Å². The summed E-state index contributed by atoms with van der Waals surface area (Å²) < 4.78 is 1.12. The maximum absolute atomic E-state index is 13.6. The van der Waals surface area contributed by atoms with E-state index in [-0.39, 0.29) is 5.91 Å².